The summed E-state index contributed by atoms with van der Waals surface area (Å²) in [6, 6.07) is 4.75. The third kappa shape index (κ3) is 1.67. The molecule has 0 aliphatic heterocycles. The van der Waals surface area contributed by atoms with Gasteiger partial charge in [-0.2, -0.15) is 5.26 Å². The van der Waals surface area contributed by atoms with Gasteiger partial charge in [0.1, 0.15) is 11.8 Å². The third-order valence-electron chi connectivity index (χ3n) is 1.88. The number of nitrogens with zero attached hydrogens (tertiary/aromatic N) is 1. The van der Waals surface area contributed by atoms with Gasteiger partial charge in [0, 0.05) is 0 Å². The molecule has 4 nitrogen and oxygen atoms in total. The topological polar surface area (TPSA) is 70.3 Å². The fraction of sp³-hybridized carbons (Fsp3) is 0.200. The molecule has 0 saturated carbocycles. The number of nitriles is 1. The van der Waals surface area contributed by atoms with E-state index in [1.54, 1.807) is 6.92 Å². The van der Waals surface area contributed by atoms with Crippen LogP contribution in [0.1, 0.15) is 21.5 Å². The summed E-state index contributed by atoms with van der Waals surface area (Å²) in [6.45, 7) is 1.67. The number of aryl methyl sites for hydroxylation is 1. The number of rotatable bonds is 2. The number of carboxylic acid groups (broad SMARTS) is 1. The summed E-state index contributed by atoms with van der Waals surface area (Å²) < 4.78 is 4.92. The first-order valence-corrected chi connectivity index (χ1v) is 3.92. The Labute approximate surface area is 81.4 Å². The van der Waals surface area contributed by atoms with Crippen molar-refractivity contribution >= 4 is 5.97 Å². The van der Waals surface area contributed by atoms with Crippen LogP contribution in [0.2, 0.25) is 0 Å². The van der Waals surface area contributed by atoms with Crippen molar-refractivity contribution in [2.75, 3.05) is 7.11 Å². The molecule has 0 spiro atoms. The van der Waals surface area contributed by atoms with Crippen LogP contribution in [0.5, 0.6) is 5.75 Å². The van der Waals surface area contributed by atoms with E-state index < -0.39 is 5.97 Å². The number of aromatic carboxylic acids is 1. The van der Waals surface area contributed by atoms with Crippen molar-refractivity contribution < 1.29 is 14.6 Å². The van der Waals surface area contributed by atoms with E-state index >= 15 is 0 Å². The minimum absolute atomic E-state index is 0.123. The molecule has 0 radical (unpaired) electrons. The van der Waals surface area contributed by atoms with Crippen molar-refractivity contribution in [3.63, 3.8) is 0 Å². The summed E-state index contributed by atoms with van der Waals surface area (Å²) in [4.78, 5) is 10.7. The monoisotopic (exact) mass is 191 g/mol. The highest BCUT2D eigenvalue weighted by Gasteiger charge is 2.11. The van der Waals surface area contributed by atoms with Crippen LogP contribution in [0.4, 0.5) is 0 Å². The summed E-state index contributed by atoms with van der Waals surface area (Å²) in [5, 5.41) is 17.5. The van der Waals surface area contributed by atoms with Gasteiger partial charge in [-0.1, -0.05) is 0 Å². The van der Waals surface area contributed by atoms with Crippen molar-refractivity contribution in [3.8, 4) is 11.8 Å². The second kappa shape index (κ2) is 3.79. The predicted molar refractivity (Wildman–Crippen MR) is 49.4 cm³/mol. The molecule has 0 bridgehead atoms. The van der Waals surface area contributed by atoms with Crippen LogP contribution in [0.25, 0.3) is 0 Å². The molecule has 0 heterocycles. The minimum atomic E-state index is -1.03. The van der Waals surface area contributed by atoms with E-state index in [0.29, 0.717) is 16.9 Å². The van der Waals surface area contributed by atoms with Crippen molar-refractivity contribution in [1.82, 2.24) is 0 Å². The highest BCUT2D eigenvalue weighted by Crippen LogP contribution is 2.23. The Hall–Kier alpha value is -2.02. The van der Waals surface area contributed by atoms with Crippen LogP contribution >= 0.6 is 0 Å². The van der Waals surface area contributed by atoms with E-state index in [1.165, 1.54) is 19.2 Å². The highest BCUT2D eigenvalue weighted by molar-refractivity contribution is 5.88. The first-order valence-electron chi connectivity index (χ1n) is 3.92. The highest BCUT2D eigenvalue weighted by atomic mass is 16.5. The molecular weight excluding hydrogens is 182 g/mol. The molecular formula is C10H9NO3. The van der Waals surface area contributed by atoms with Crippen LogP contribution in [0.3, 0.4) is 0 Å². The van der Waals surface area contributed by atoms with Gasteiger partial charge < -0.3 is 9.84 Å². The quantitative estimate of drug-likeness (QED) is 0.770. The van der Waals surface area contributed by atoms with Gasteiger partial charge in [-0.15, -0.1) is 0 Å². The van der Waals surface area contributed by atoms with Crippen molar-refractivity contribution in [2.45, 2.75) is 6.92 Å². The first kappa shape index (κ1) is 10.1. The Morgan fingerprint density at radius 1 is 1.57 bits per heavy atom. The molecule has 0 aliphatic rings. The number of carbonyl (C=O) groups is 1. The van der Waals surface area contributed by atoms with Crippen LogP contribution < -0.4 is 4.74 Å². The van der Waals surface area contributed by atoms with E-state index in [1.807, 2.05) is 6.07 Å². The van der Waals surface area contributed by atoms with Crippen molar-refractivity contribution in [2.24, 2.45) is 0 Å². The predicted octanol–water partition coefficient (Wildman–Crippen LogP) is 1.57. The summed E-state index contributed by atoms with van der Waals surface area (Å²) in [5.41, 5.74) is 1.10. The lowest BCUT2D eigenvalue weighted by molar-refractivity contribution is 0.0696. The molecule has 1 aromatic rings. The SMILES string of the molecule is COc1cc(C(=O)O)cc(C)c1C#N. The molecule has 1 N–H and O–H groups in total. The maximum absolute atomic E-state index is 10.7. The largest absolute Gasteiger partial charge is 0.495 e. The van der Waals surface area contributed by atoms with Gasteiger partial charge >= 0.3 is 5.97 Å². The molecule has 0 aliphatic carbocycles. The Kier molecular flexibility index (Phi) is 2.73. The molecule has 72 valence electrons. The normalized spacial score (nSPS) is 9.21. The van der Waals surface area contributed by atoms with Gasteiger partial charge in [0.2, 0.25) is 0 Å². The standard InChI is InChI=1S/C10H9NO3/c1-6-3-7(10(12)13)4-9(14-2)8(6)5-11/h3-4H,1-2H3,(H,12,13). The van der Waals surface area contributed by atoms with E-state index in [4.69, 9.17) is 15.1 Å². The lowest BCUT2D eigenvalue weighted by atomic mass is 10.0. The van der Waals surface area contributed by atoms with Gasteiger partial charge in [-0.05, 0) is 24.6 Å². The maximum Gasteiger partial charge on any atom is 0.335 e. The summed E-state index contributed by atoms with van der Waals surface area (Å²) >= 11 is 0. The number of methoxy groups -OCH3 is 1. The molecule has 0 saturated heterocycles. The zero-order valence-electron chi connectivity index (χ0n) is 7.87. The number of hydrogen-bond donors (Lipinski definition) is 1. The summed E-state index contributed by atoms with van der Waals surface area (Å²) in [6.07, 6.45) is 0. The number of ether oxygens (including phenoxy) is 1. The van der Waals surface area contributed by atoms with Gasteiger partial charge in [-0.3, -0.25) is 0 Å². The Balaban J connectivity index is 3.40. The smallest absolute Gasteiger partial charge is 0.335 e. The van der Waals surface area contributed by atoms with Crippen LogP contribution in [-0.4, -0.2) is 18.2 Å². The third-order valence-corrected chi connectivity index (χ3v) is 1.88. The fourth-order valence-electron chi connectivity index (χ4n) is 1.18. The van der Waals surface area contributed by atoms with Gasteiger partial charge in [0.15, 0.2) is 0 Å². The Morgan fingerprint density at radius 2 is 2.21 bits per heavy atom. The minimum Gasteiger partial charge on any atom is -0.495 e. The zero-order chi connectivity index (χ0) is 10.7. The number of hydrogen-bond acceptors (Lipinski definition) is 3. The number of carboxylic acids is 1. The molecule has 0 unspecified atom stereocenters. The molecule has 1 rings (SSSR count). The van der Waals surface area contributed by atoms with Crippen molar-refractivity contribution in [1.29, 1.82) is 5.26 Å². The first-order chi connectivity index (χ1) is 6.60. The average molecular weight is 191 g/mol. The second-order valence-corrected chi connectivity index (χ2v) is 2.79. The second-order valence-electron chi connectivity index (χ2n) is 2.79. The molecule has 0 fully saturated rings. The molecule has 0 atom stereocenters. The summed E-state index contributed by atoms with van der Waals surface area (Å²) in [5.74, 6) is -0.735. The van der Waals surface area contributed by atoms with Gasteiger partial charge in [0.05, 0.1) is 18.2 Å². The van der Waals surface area contributed by atoms with E-state index in [2.05, 4.69) is 0 Å². The van der Waals surface area contributed by atoms with Crippen molar-refractivity contribution in [3.05, 3.63) is 28.8 Å². The zero-order valence-corrected chi connectivity index (χ0v) is 7.87. The maximum atomic E-state index is 10.7. The number of benzene rings is 1. The molecule has 4 heteroatoms. The van der Waals surface area contributed by atoms with Gasteiger partial charge in [0.25, 0.3) is 0 Å². The lowest BCUT2D eigenvalue weighted by Crippen LogP contribution is -2.00. The van der Waals surface area contributed by atoms with E-state index in [9.17, 15) is 4.79 Å². The lowest BCUT2D eigenvalue weighted by Gasteiger charge is -2.06. The Morgan fingerprint density at radius 3 is 2.64 bits per heavy atom. The van der Waals surface area contributed by atoms with E-state index in [0.717, 1.165) is 0 Å². The molecule has 0 amide bonds. The van der Waals surface area contributed by atoms with Crippen LogP contribution in [0.15, 0.2) is 12.1 Å². The molecule has 14 heavy (non-hydrogen) atoms. The van der Waals surface area contributed by atoms with Crippen LogP contribution in [-0.2, 0) is 0 Å². The average Bonchev–Trinajstić information content (AvgIpc) is 2.16. The molecule has 0 aromatic heterocycles. The Bertz CT molecular complexity index is 418. The van der Waals surface area contributed by atoms with Gasteiger partial charge in [-0.25, -0.2) is 4.79 Å². The molecule has 1 aromatic carbocycles. The summed E-state index contributed by atoms with van der Waals surface area (Å²) in [7, 11) is 1.40. The van der Waals surface area contributed by atoms with E-state index in [-0.39, 0.29) is 5.56 Å². The fourth-order valence-corrected chi connectivity index (χ4v) is 1.18. The van der Waals surface area contributed by atoms with Crippen LogP contribution in [0, 0.1) is 18.3 Å².